The van der Waals surface area contributed by atoms with Crippen molar-refractivity contribution >= 4 is 33.9 Å². The van der Waals surface area contributed by atoms with Crippen molar-refractivity contribution in [2.75, 3.05) is 11.9 Å². The largest absolute Gasteiger partial charge is 0.484 e. The minimum absolute atomic E-state index is 0.0333. The van der Waals surface area contributed by atoms with Gasteiger partial charge < -0.3 is 15.8 Å². The number of ether oxygens (including phenoxy) is 1. The Balaban J connectivity index is 1.63. The fourth-order valence-corrected chi connectivity index (χ4v) is 4.16. The van der Waals surface area contributed by atoms with E-state index < -0.39 is 5.91 Å². The molecular formula is C18H18N2O4S. The molecule has 0 fully saturated rings. The lowest BCUT2D eigenvalue weighted by Crippen LogP contribution is -2.22. The first-order valence-corrected chi connectivity index (χ1v) is 8.75. The number of nitrogens with one attached hydrogen (secondary N) is 1. The van der Waals surface area contributed by atoms with E-state index in [9.17, 15) is 14.4 Å². The standard InChI is InChI=1S/C18H18N2O4S/c1-10(21)11-5-7-12(8-6-11)24-9-15(22)20-18-16(17(19)23)13-3-2-4-14(13)25-18/h5-8H,2-4,9H2,1H3,(H2,19,23)(H,20,22). The summed E-state index contributed by atoms with van der Waals surface area (Å²) in [6.07, 6.45) is 2.74. The second kappa shape index (κ2) is 7.06. The Labute approximate surface area is 149 Å². The maximum absolute atomic E-state index is 12.1. The van der Waals surface area contributed by atoms with Gasteiger partial charge in [0, 0.05) is 10.4 Å². The van der Waals surface area contributed by atoms with Crippen molar-refractivity contribution in [1.82, 2.24) is 0 Å². The minimum atomic E-state index is -0.518. The summed E-state index contributed by atoms with van der Waals surface area (Å²) < 4.78 is 5.42. The maximum Gasteiger partial charge on any atom is 0.262 e. The third-order valence-corrected chi connectivity index (χ3v) is 5.26. The maximum atomic E-state index is 12.1. The second-order valence-corrected chi connectivity index (χ2v) is 6.95. The van der Waals surface area contributed by atoms with Crippen LogP contribution in [0.15, 0.2) is 24.3 Å². The summed E-state index contributed by atoms with van der Waals surface area (Å²) in [5.41, 5.74) is 7.44. The molecule has 0 unspecified atom stereocenters. The molecule has 0 aliphatic heterocycles. The molecule has 2 amide bonds. The third-order valence-electron chi connectivity index (χ3n) is 4.05. The molecule has 7 heteroatoms. The van der Waals surface area contributed by atoms with Crippen LogP contribution in [-0.2, 0) is 17.6 Å². The first kappa shape index (κ1) is 17.2. The van der Waals surface area contributed by atoms with E-state index in [1.54, 1.807) is 24.3 Å². The zero-order valence-electron chi connectivity index (χ0n) is 13.8. The molecule has 0 saturated carbocycles. The van der Waals surface area contributed by atoms with Crippen LogP contribution in [0.1, 0.15) is 44.5 Å². The number of rotatable bonds is 6. The van der Waals surface area contributed by atoms with Crippen LogP contribution in [0.4, 0.5) is 5.00 Å². The number of ketones is 1. The average molecular weight is 358 g/mol. The van der Waals surface area contributed by atoms with E-state index in [2.05, 4.69) is 5.32 Å². The monoisotopic (exact) mass is 358 g/mol. The molecule has 2 aromatic rings. The lowest BCUT2D eigenvalue weighted by Gasteiger charge is -2.08. The van der Waals surface area contributed by atoms with Crippen LogP contribution in [0.5, 0.6) is 5.75 Å². The van der Waals surface area contributed by atoms with Gasteiger partial charge in [-0.1, -0.05) is 0 Å². The van der Waals surface area contributed by atoms with Gasteiger partial charge >= 0.3 is 0 Å². The fourth-order valence-electron chi connectivity index (χ4n) is 2.85. The summed E-state index contributed by atoms with van der Waals surface area (Å²) in [5.74, 6) is -0.425. The number of hydrogen-bond acceptors (Lipinski definition) is 5. The molecular weight excluding hydrogens is 340 g/mol. The van der Waals surface area contributed by atoms with Crippen molar-refractivity contribution in [3.8, 4) is 5.75 Å². The van der Waals surface area contributed by atoms with Crippen molar-refractivity contribution in [2.24, 2.45) is 5.73 Å². The average Bonchev–Trinajstić information content (AvgIpc) is 3.13. The molecule has 0 spiro atoms. The molecule has 1 aliphatic carbocycles. The van der Waals surface area contributed by atoms with E-state index in [4.69, 9.17) is 10.5 Å². The van der Waals surface area contributed by atoms with Gasteiger partial charge in [0.05, 0.1) is 5.56 Å². The number of carbonyl (C=O) groups is 3. The molecule has 3 rings (SSSR count). The summed E-state index contributed by atoms with van der Waals surface area (Å²) in [5, 5.41) is 3.22. The molecule has 1 aromatic carbocycles. The Morgan fingerprint density at radius 3 is 2.56 bits per heavy atom. The van der Waals surface area contributed by atoms with Crippen LogP contribution in [0.25, 0.3) is 0 Å². The summed E-state index contributed by atoms with van der Waals surface area (Å²) >= 11 is 1.41. The van der Waals surface area contributed by atoms with Crippen molar-refractivity contribution in [1.29, 1.82) is 0 Å². The molecule has 0 saturated heterocycles. The number of nitrogens with two attached hydrogens (primary N) is 1. The summed E-state index contributed by atoms with van der Waals surface area (Å²) in [6, 6.07) is 6.56. The summed E-state index contributed by atoms with van der Waals surface area (Å²) in [4.78, 5) is 36.2. The van der Waals surface area contributed by atoms with Gasteiger partial charge in [-0.05, 0) is 56.0 Å². The number of fused-ring (bicyclic) bond motifs is 1. The highest BCUT2D eigenvalue weighted by Gasteiger charge is 2.26. The SMILES string of the molecule is CC(=O)c1ccc(OCC(=O)Nc2sc3c(c2C(N)=O)CCC3)cc1. The van der Waals surface area contributed by atoms with Crippen LogP contribution < -0.4 is 15.8 Å². The number of hydrogen-bond donors (Lipinski definition) is 2. The van der Waals surface area contributed by atoms with Gasteiger partial charge in [0.2, 0.25) is 0 Å². The van der Waals surface area contributed by atoms with Crippen LogP contribution in [0, 0.1) is 0 Å². The number of primary amides is 1. The molecule has 1 heterocycles. The number of anilines is 1. The Kier molecular flexibility index (Phi) is 4.85. The number of aryl methyl sites for hydroxylation is 1. The minimum Gasteiger partial charge on any atom is -0.484 e. The lowest BCUT2D eigenvalue weighted by molar-refractivity contribution is -0.118. The van der Waals surface area contributed by atoms with E-state index in [1.165, 1.54) is 18.3 Å². The molecule has 130 valence electrons. The van der Waals surface area contributed by atoms with Crippen LogP contribution in [-0.4, -0.2) is 24.2 Å². The van der Waals surface area contributed by atoms with Crippen LogP contribution >= 0.6 is 11.3 Å². The van der Waals surface area contributed by atoms with Crippen molar-refractivity contribution in [3.63, 3.8) is 0 Å². The Hall–Kier alpha value is -2.67. The van der Waals surface area contributed by atoms with E-state index in [0.717, 1.165) is 29.7 Å². The topological polar surface area (TPSA) is 98.5 Å². The fraction of sp³-hybridized carbons (Fsp3) is 0.278. The highest BCUT2D eigenvalue weighted by molar-refractivity contribution is 7.17. The quantitative estimate of drug-likeness (QED) is 0.775. The Morgan fingerprint density at radius 1 is 1.20 bits per heavy atom. The van der Waals surface area contributed by atoms with Crippen LogP contribution in [0.2, 0.25) is 0 Å². The number of amides is 2. The van der Waals surface area contributed by atoms with Gasteiger partial charge in [0.15, 0.2) is 12.4 Å². The van der Waals surface area contributed by atoms with E-state index in [1.807, 2.05) is 0 Å². The first-order chi connectivity index (χ1) is 12.0. The first-order valence-electron chi connectivity index (χ1n) is 7.93. The zero-order chi connectivity index (χ0) is 18.0. The number of benzene rings is 1. The number of thiophene rings is 1. The normalized spacial score (nSPS) is 12.5. The summed E-state index contributed by atoms with van der Waals surface area (Å²) in [6.45, 7) is 1.29. The number of carbonyl (C=O) groups excluding carboxylic acids is 3. The third kappa shape index (κ3) is 3.71. The molecule has 6 nitrogen and oxygen atoms in total. The van der Waals surface area contributed by atoms with Gasteiger partial charge in [0.25, 0.3) is 11.8 Å². The molecule has 25 heavy (non-hydrogen) atoms. The summed E-state index contributed by atoms with van der Waals surface area (Å²) in [7, 11) is 0. The molecule has 0 bridgehead atoms. The molecule has 1 aromatic heterocycles. The molecule has 3 N–H and O–H groups in total. The van der Waals surface area contributed by atoms with Gasteiger partial charge in [-0.25, -0.2) is 0 Å². The zero-order valence-corrected chi connectivity index (χ0v) is 14.6. The molecule has 1 aliphatic rings. The second-order valence-electron chi connectivity index (χ2n) is 5.84. The highest BCUT2D eigenvalue weighted by atomic mass is 32.1. The number of Topliss-reactive ketones (excluding diaryl/α,β-unsaturated/α-hetero) is 1. The van der Waals surface area contributed by atoms with Crippen molar-refractivity contribution in [3.05, 3.63) is 45.8 Å². The van der Waals surface area contributed by atoms with E-state index in [-0.39, 0.29) is 18.3 Å². The smallest absolute Gasteiger partial charge is 0.262 e. The van der Waals surface area contributed by atoms with Gasteiger partial charge in [-0.15, -0.1) is 11.3 Å². The van der Waals surface area contributed by atoms with Gasteiger partial charge in [-0.2, -0.15) is 0 Å². The van der Waals surface area contributed by atoms with Gasteiger partial charge in [-0.3, -0.25) is 14.4 Å². The lowest BCUT2D eigenvalue weighted by atomic mass is 10.1. The van der Waals surface area contributed by atoms with E-state index >= 15 is 0 Å². The van der Waals surface area contributed by atoms with E-state index in [0.29, 0.717) is 21.9 Å². The highest BCUT2D eigenvalue weighted by Crippen LogP contribution is 2.38. The van der Waals surface area contributed by atoms with Gasteiger partial charge in [0.1, 0.15) is 10.8 Å². The predicted octanol–water partition coefficient (Wildman–Crippen LogP) is 2.56. The van der Waals surface area contributed by atoms with Crippen molar-refractivity contribution < 1.29 is 19.1 Å². The Bertz CT molecular complexity index is 840. The van der Waals surface area contributed by atoms with Crippen molar-refractivity contribution in [2.45, 2.75) is 26.2 Å². The Morgan fingerprint density at radius 2 is 1.92 bits per heavy atom. The van der Waals surface area contributed by atoms with Crippen LogP contribution in [0.3, 0.4) is 0 Å². The molecule has 0 atom stereocenters. The molecule has 0 radical (unpaired) electrons. The predicted molar refractivity (Wildman–Crippen MR) is 95.4 cm³/mol.